The zero-order valence-electron chi connectivity index (χ0n) is 14.0. The molecule has 1 aromatic heterocycles. The van der Waals surface area contributed by atoms with Crippen LogP contribution < -0.4 is 5.32 Å². The molecule has 0 aliphatic carbocycles. The largest absolute Gasteiger partial charge is 0.453 e. The molecule has 2 unspecified atom stereocenters. The topological polar surface area (TPSA) is 62.6 Å². The van der Waals surface area contributed by atoms with Crippen LogP contribution in [0.1, 0.15) is 47.6 Å². The molecule has 3 saturated heterocycles. The third kappa shape index (κ3) is 2.53. The van der Waals surface area contributed by atoms with Gasteiger partial charge in [-0.05, 0) is 57.0 Å². The number of benzene rings is 1. The Kier molecular flexibility index (Phi) is 3.68. The molecule has 2 aromatic rings. The molecule has 5 nitrogen and oxygen atoms in total. The van der Waals surface area contributed by atoms with Crippen LogP contribution in [0.25, 0.3) is 11.0 Å². The lowest BCUT2D eigenvalue weighted by Crippen LogP contribution is -2.62. The summed E-state index contributed by atoms with van der Waals surface area (Å²) in [5.41, 5.74) is 1.16. The van der Waals surface area contributed by atoms with Gasteiger partial charge in [-0.15, -0.1) is 0 Å². The Morgan fingerprint density at radius 1 is 1.21 bits per heavy atom. The van der Waals surface area contributed by atoms with Gasteiger partial charge in [0.1, 0.15) is 5.58 Å². The maximum atomic E-state index is 12.7. The van der Waals surface area contributed by atoms with Gasteiger partial charge in [0.2, 0.25) is 0 Å². The smallest absolute Gasteiger partial charge is 0.251 e. The fourth-order valence-electron chi connectivity index (χ4n) is 4.13. The van der Waals surface area contributed by atoms with Crippen molar-refractivity contribution in [3.8, 4) is 0 Å². The van der Waals surface area contributed by atoms with E-state index in [-0.39, 0.29) is 17.7 Å². The molecule has 0 radical (unpaired) electrons. The summed E-state index contributed by atoms with van der Waals surface area (Å²) in [6.45, 7) is 5.96. The number of fused-ring (bicyclic) bond motifs is 4. The van der Waals surface area contributed by atoms with Crippen molar-refractivity contribution in [1.82, 2.24) is 10.2 Å². The lowest BCUT2D eigenvalue weighted by atomic mass is 9.79. The Morgan fingerprint density at radius 2 is 1.96 bits per heavy atom. The van der Waals surface area contributed by atoms with Gasteiger partial charge in [0.15, 0.2) is 11.5 Å². The van der Waals surface area contributed by atoms with Crippen LogP contribution in [0.4, 0.5) is 0 Å². The maximum Gasteiger partial charge on any atom is 0.251 e. The molecule has 2 atom stereocenters. The lowest BCUT2D eigenvalue weighted by molar-refractivity contribution is 0.0217. The molecule has 3 fully saturated rings. The molecule has 2 bridgehead atoms. The summed E-state index contributed by atoms with van der Waals surface area (Å²) >= 11 is 0. The lowest BCUT2D eigenvalue weighted by Gasteiger charge is -2.49. The second-order valence-electron chi connectivity index (χ2n) is 7.03. The second-order valence-corrected chi connectivity index (χ2v) is 7.03. The van der Waals surface area contributed by atoms with Crippen LogP contribution in [0.15, 0.2) is 28.7 Å². The van der Waals surface area contributed by atoms with E-state index in [1.807, 2.05) is 6.07 Å². The van der Waals surface area contributed by atoms with Crippen LogP contribution in [0.3, 0.4) is 0 Å². The Labute approximate surface area is 141 Å². The molecule has 1 N–H and O–H groups in total. The summed E-state index contributed by atoms with van der Waals surface area (Å²) < 4.78 is 5.54. The normalized spacial score (nSPS) is 28.9. The minimum atomic E-state index is -0.113. The highest BCUT2D eigenvalue weighted by Crippen LogP contribution is 2.32. The third-order valence-electron chi connectivity index (χ3n) is 5.60. The van der Waals surface area contributed by atoms with Crippen LogP contribution in [-0.4, -0.2) is 41.8 Å². The van der Waals surface area contributed by atoms with Crippen molar-refractivity contribution in [1.29, 1.82) is 0 Å². The van der Waals surface area contributed by atoms with E-state index in [2.05, 4.69) is 17.1 Å². The second kappa shape index (κ2) is 5.74. The molecule has 126 valence electrons. The summed E-state index contributed by atoms with van der Waals surface area (Å²) in [4.78, 5) is 26.6. The fourth-order valence-corrected chi connectivity index (χ4v) is 4.13. The summed E-state index contributed by atoms with van der Waals surface area (Å²) in [5.74, 6) is 0.723. The molecule has 5 rings (SSSR count). The number of hydrogen-bond acceptors (Lipinski definition) is 4. The number of Topliss-reactive ketones (excluding diaryl/α,β-unsaturated/α-hetero) is 1. The monoisotopic (exact) mass is 326 g/mol. The van der Waals surface area contributed by atoms with E-state index in [4.69, 9.17) is 4.42 Å². The molecule has 0 spiro atoms. The minimum absolute atomic E-state index is 0.0664. The van der Waals surface area contributed by atoms with Crippen molar-refractivity contribution < 1.29 is 14.0 Å². The number of ketones is 1. The van der Waals surface area contributed by atoms with E-state index < -0.39 is 0 Å². The van der Waals surface area contributed by atoms with Crippen LogP contribution in [0, 0.1) is 5.92 Å². The van der Waals surface area contributed by atoms with Gasteiger partial charge in [0.05, 0.1) is 0 Å². The van der Waals surface area contributed by atoms with Gasteiger partial charge in [0.25, 0.3) is 5.91 Å². The average molecular weight is 326 g/mol. The van der Waals surface area contributed by atoms with Crippen molar-refractivity contribution >= 4 is 22.7 Å². The van der Waals surface area contributed by atoms with Crippen LogP contribution in [0.5, 0.6) is 0 Å². The first-order valence-corrected chi connectivity index (χ1v) is 8.62. The fraction of sp³-hybridized carbons (Fsp3) is 0.474. The Balaban J connectivity index is 1.56. The van der Waals surface area contributed by atoms with Gasteiger partial charge in [-0.2, -0.15) is 0 Å². The molecule has 3 aliphatic rings. The number of rotatable bonds is 3. The van der Waals surface area contributed by atoms with E-state index in [0.717, 1.165) is 31.3 Å². The molecular weight excluding hydrogens is 304 g/mol. The maximum absolute atomic E-state index is 12.7. The van der Waals surface area contributed by atoms with E-state index in [1.165, 1.54) is 6.92 Å². The summed E-state index contributed by atoms with van der Waals surface area (Å²) in [5, 5.41) is 4.06. The minimum Gasteiger partial charge on any atom is -0.453 e. The number of piperidine rings is 3. The molecule has 3 aliphatic heterocycles. The Bertz CT molecular complexity index is 800. The molecule has 1 amide bonds. The first-order valence-electron chi connectivity index (χ1n) is 8.62. The van der Waals surface area contributed by atoms with Gasteiger partial charge >= 0.3 is 0 Å². The van der Waals surface area contributed by atoms with Crippen molar-refractivity contribution in [2.45, 2.75) is 38.8 Å². The SMILES string of the molecule is CC(=O)c1cc2ccc(C(=O)NC3C4CCN(CC4)C3C)cc2o1. The average Bonchev–Trinajstić information content (AvgIpc) is 3.02. The highest BCUT2D eigenvalue weighted by atomic mass is 16.3. The van der Waals surface area contributed by atoms with Crippen molar-refractivity contribution in [3.05, 3.63) is 35.6 Å². The predicted molar refractivity (Wildman–Crippen MR) is 91.2 cm³/mol. The van der Waals surface area contributed by atoms with Crippen LogP contribution >= 0.6 is 0 Å². The van der Waals surface area contributed by atoms with Gasteiger partial charge in [-0.1, -0.05) is 6.07 Å². The third-order valence-corrected chi connectivity index (χ3v) is 5.60. The Hall–Kier alpha value is -2.14. The van der Waals surface area contributed by atoms with Crippen molar-refractivity contribution in [2.24, 2.45) is 5.92 Å². The Morgan fingerprint density at radius 3 is 2.62 bits per heavy atom. The summed E-state index contributed by atoms with van der Waals surface area (Å²) in [6.07, 6.45) is 2.32. The highest BCUT2D eigenvalue weighted by molar-refractivity contribution is 6.00. The number of furan rings is 1. The zero-order valence-corrected chi connectivity index (χ0v) is 14.0. The van der Waals surface area contributed by atoms with E-state index in [1.54, 1.807) is 18.2 Å². The molecule has 4 heterocycles. The standard InChI is InChI=1S/C19H22N2O3/c1-11-18(13-5-7-21(11)8-6-13)20-19(23)15-4-3-14-9-16(12(2)22)24-17(14)10-15/h3-4,9-11,13,18H,5-8H2,1-2H3,(H,20,23). The predicted octanol–water partition coefficient (Wildman–Crippen LogP) is 2.85. The first-order chi connectivity index (χ1) is 11.5. The van der Waals surface area contributed by atoms with E-state index >= 15 is 0 Å². The van der Waals surface area contributed by atoms with Gasteiger partial charge in [0, 0.05) is 30.0 Å². The summed E-state index contributed by atoms with van der Waals surface area (Å²) in [6, 6.07) is 7.67. The highest BCUT2D eigenvalue weighted by Gasteiger charge is 2.40. The van der Waals surface area contributed by atoms with Gasteiger partial charge < -0.3 is 9.73 Å². The van der Waals surface area contributed by atoms with Crippen LogP contribution in [-0.2, 0) is 0 Å². The number of carbonyl (C=O) groups excluding carboxylic acids is 2. The number of carbonyl (C=O) groups is 2. The molecule has 1 aromatic carbocycles. The van der Waals surface area contributed by atoms with Crippen LogP contribution in [0.2, 0.25) is 0 Å². The number of nitrogens with zero attached hydrogens (tertiary/aromatic N) is 1. The first kappa shape index (κ1) is 15.4. The molecule has 0 saturated carbocycles. The van der Waals surface area contributed by atoms with Crippen molar-refractivity contribution in [3.63, 3.8) is 0 Å². The molecule has 24 heavy (non-hydrogen) atoms. The van der Waals surface area contributed by atoms with Gasteiger partial charge in [-0.3, -0.25) is 14.5 Å². The molecule has 5 heteroatoms. The van der Waals surface area contributed by atoms with E-state index in [9.17, 15) is 9.59 Å². The number of nitrogens with one attached hydrogen (secondary N) is 1. The zero-order chi connectivity index (χ0) is 16.8. The van der Waals surface area contributed by atoms with Crippen molar-refractivity contribution in [2.75, 3.05) is 13.1 Å². The van der Waals surface area contributed by atoms with E-state index in [0.29, 0.717) is 28.9 Å². The van der Waals surface area contributed by atoms with Gasteiger partial charge in [-0.25, -0.2) is 0 Å². The quantitative estimate of drug-likeness (QED) is 0.881. The number of amides is 1. The molecular formula is C19H22N2O3. The summed E-state index contributed by atoms with van der Waals surface area (Å²) in [7, 11) is 0. The number of hydrogen-bond donors (Lipinski definition) is 1.